The molecular weight excluding hydrogens is 252 g/mol. The van der Waals surface area contributed by atoms with Gasteiger partial charge in [-0.25, -0.2) is 0 Å². The van der Waals surface area contributed by atoms with Gasteiger partial charge in [0.25, 0.3) is 0 Å². The summed E-state index contributed by atoms with van der Waals surface area (Å²) in [6.07, 6.45) is 0.306. The summed E-state index contributed by atoms with van der Waals surface area (Å²) in [5.74, 6) is -0.195. The lowest BCUT2D eigenvalue weighted by Gasteiger charge is -2.18. The number of hydrogen-bond acceptors (Lipinski definition) is 4. The van der Waals surface area contributed by atoms with E-state index in [0.29, 0.717) is 12.0 Å². The van der Waals surface area contributed by atoms with Crippen molar-refractivity contribution in [3.05, 3.63) is 45.7 Å². The van der Waals surface area contributed by atoms with Crippen LogP contribution in [0.3, 0.4) is 0 Å². The van der Waals surface area contributed by atoms with Gasteiger partial charge in [0.15, 0.2) is 11.6 Å². The second-order valence-electron chi connectivity index (χ2n) is 3.71. The maximum absolute atomic E-state index is 12.1. The van der Waals surface area contributed by atoms with Crippen molar-refractivity contribution < 1.29 is 9.59 Å². The van der Waals surface area contributed by atoms with Gasteiger partial charge in [0.1, 0.15) is 0 Å². The second-order valence-corrected chi connectivity index (χ2v) is 6.31. The Morgan fingerprint density at radius 3 is 2.29 bits per heavy atom. The van der Waals surface area contributed by atoms with Gasteiger partial charge in [-0.05, 0) is 12.5 Å². The molecule has 0 aliphatic carbocycles. The number of ketones is 2. The molecule has 1 heterocycles. The van der Waals surface area contributed by atoms with E-state index in [9.17, 15) is 9.59 Å². The molecule has 1 aliphatic rings. The summed E-state index contributed by atoms with van der Waals surface area (Å²) in [7, 11) is 0. The highest BCUT2D eigenvalue weighted by molar-refractivity contribution is 8.37. The van der Waals surface area contributed by atoms with Crippen LogP contribution in [0.25, 0.3) is 0 Å². The van der Waals surface area contributed by atoms with Gasteiger partial charge in [0.2, 0.25) is 0 Å². The zero-order valence-electron chi connectivity index (χ0n) is 9.43. The van der Waals surface area contributed by atoms with Gasteiger partial charge in [-0.3, -0.25) is 9.59 Å². The average molecular weight is 264 g/mol. The van der Waals surface area contributed by atoms with E-state index < -0.39 is 0 Å². The minimum Gasteiger partial charge on any atom is -0.294 e. The van der Waals surface area contributed by atoms with Crippen LogP contribution < -0.4 is 0 Å². The molecule has 0 N–H and O–H groups in total. The molecule has 0 aromatic heterocycles. The molecule has 1 saturated heterocycles. The summed E-state index contributed by atoms with van der Waals surface area (Å²) >= 11 is 3.16. The van der Waals surface area contributed by atoms with Crippen LogP contribution in [-0.4, -0.2) is 16.7 Å². The Labute approximate surface area is 109 Å². The lowest BCUT2D eigenvalue weighted by molar-refractivity contribution is -0.120. The molecule has 1 fully saturated rings. The standard InChI is InChI=1S/C13H12O2S2/c1-9(14)12(13-16-8-17-13)11(15)7-10-5-3-2-4-6-10/h2-6H,7-8H2,1H3. The van der Waals surface area contributed by atoms with Crippen LogP contribution in [0.15, 0.2) is 40.1 Å². The molecule has 0 spiro atoms. The van der Waals surface area contributed by atoms with Crippen molar-refractivity contribution in [1.29, 1.82) is 0 Å². The zero-order chi connectivity index (χ0) is 12.3. The highest BCUT2D eigenvalue weighted by Gasteiger charge is 2.24. The Kier molecular flexibility index (Phi) is 4.07. The first-order valence-corrected chi connectivity index (χ1v) is 7.23. The van der Waals surface area contributed by atoms with Crippen LogP contribution in [0.2, 0.25) is 0 Å². The fourth-order valence-corrected chi connectivity index (χ4v) is 3.33. The van der Waals surface area contributed by atoms with Crippen molar-refractivity contribution in [3.8, 4) is 0 Å². The highest BCUT2D eigenvalue weighted by Crippen LogP contribution is 2.45. The molecule has 2 rings (SSSR count). The molecule has 0 radical (unpaired) electrons. The lowest BCUT2D eigenvalue weighted by atomic mass is 10.0. The minimum atomic E-state index is -0.124. The number of carbonyl (C=O) groups excluding carboxylic acids is 2. The van der Waals surface area contributed by atoms with Gasteiger partial charge in [-0.15, -0.1) is 23.5 Å². The minimum absolute atomic E-state index is 0.0709. The number of Topliss-reactive ketones (excluding diaryl/α,β-unsaturated/α-hetero) is 2. The fraction of sp³-hybridized carbons (Fsp3) is 0.231. The van der Waals surface area contributed by atoms with Crippen LogP contribution >= 0.6 is 23.5 Å². The normalized spacial score (nSPS) is 14.1. The molecule has 0 amide bonds. The van der Waals surface area contributed by atoms with Crippen molar-refractivity contribution >= 4 is 35.1 Å². The third kappa shape index (κ3) is 3.01. The third-order valence-electron chi connectivity index (χ3n) is 2.42. The average Bonchev–Trinajstić information content (AvgIpc) is 2.23. The van der Waals surface area contributed by atoms with Crippen LogP contribution in [0.1, 0.15) is 12.5 Å². The lowest BCUT2D eigenvalue weighted by Crippen LogP contribution is -2.15. The van der Waals surface area contributed by atoms with E-state index in [0.717, 1.165) is 14.9 Å². The number of rotatable bonds is 4. The Bertz CT molecular complexity index is 471. The summed E-state index contributed by atoms with van der Waals surface area (Å²) in [6, 6.07) is 9.52. The molecule has 2 nitrogen and oxygen atoms in total. The van der Waals surface area contributed by atoms with Crippen LogP contribution in [0, 0.1) is 0 Å². The predicted octanol–water partition coefficient (Wildman–Crippen LogP) is 3.04. The van der Waals surface area contributed by atoms with Crippen LogP contribution in [0.4, 0.5) is 0 Å². The summed E-state index contributed by atoms with van der Waals surface area (Å²) < 4.78 is 0.887. The van der Waals surface area contributed by atoms with Gasteiger partial charge in [-0.1, -0.05) is 30.3 Å². The zero-order valence-corrected chi connectivity index (χ0v) is 11.1. The summed E-state index contributed by atoms with van der Waals surface area (Å²) in [5, 5.41) is 0.935. The molecular formula is C13H12O2S2. The molecule has 0 saturated carbocycles. The first-order valence-electron chi connectivity index (χ1n) is 5.26. The highest BCUT2D eigenvalue weighted by atomic mass is 32.3. The maximum atomic E-state index is 12.1. The summed E-state index contributed by atoms with van der Waals surface area (Å²) in [6.45, 7) is 1.46. The fourth-order valence-electron chi connectivity index (χ4n) is 1.59. The molecule has 1 aromatic rings. The summed E-state index contributed by atoms with van der Waals surface area (Å²) in [5.41, 5.74) is 1.33. The molecule has 0 unspecified atom stereocenters. The predicted molar refractivity (Wildman–Crippen MR) is 72.9 cm³/mol. The largest absolute Gasteiger partial charge is 0.294 e. The monoisotopic (exact) mass is 264 g/mol. The third-order valence-corrected chi connectivity index (χ3v) is 5.01. The van der Waals surface area contributed by atoms with Crippen LogP contribution in [0.5, 0.6) is 0 Å². The van der Waals surface area contributed by atoms with Gasteiger partial charge in [-0.2, -0.15) is 0 Å². The van der Waals surface area contributed by atoms with E-state index >= 15 is 0 Å². The number of benzene rings is 1. The molecule has 17 heavy (non-hydrogen) atoms. The number of carbonyl (C=O) groups is 2. The molecule has 1 aromatic carbocycles. The van der Waals surface area contributed by atoms with Gasteiger partial charge >= 0.3 is 0 Å². The van der Waals surface area contributed by atoms with Gasteiger partial charge in [0.05, 0.1) is 9.81 Å². The van der Waals surface area contributed by atoms with Crippen molar-refractivity contribution in [3.63, 3.8) is 0 Å². The van der Waals surface area contributed by atoms with Crippen molar-refractivity contribution in [2.75, 3.05) is 5.08 Å². The van der Waals surface area contributed by atoms with Crippen molar-refractivity contribution in [1.82, 2.24) is 0 Å². The molecule has 0 bridgehead atoms. The van der Waals surface area contributed by atoms with E-state index in [4.69, 9.17) is 0 Å². The van der Waals surface area contributed by atoms with E-state index in [-0.39, 0.29) is 11.6 Å². The van der Waals surface area contributed by atoms with Crippen molar-refractivity contribution in [2.45, 2.75) is 13.3 Å². The topological polar surface area (TPSA) is 34.1 Å². The number of thioether (sulfide) groups is 2. The second kappa shape index (κ2) is 5.56. The molecule has 88 valence electrons. The summed E-state index contributed by atoms with van der Waals surface area (Å²) in [4.78, 5) is 23.6. The number of allylic oxidation sites excluding steroid dienone is 1. The Hall–Kier alpha value is -1.000. The molecule has 4 heteroatoms. The van der Waals surface area contributed by atoms with Crippen molar-refractivity contribution in [2.24, 2.45) is 0 Å². The van der Waals surface area contributed by atoms with E-state index in [1.54, 1.807) is 23.5 Å². The Balaban J connectivity index is 2.16. The first-order chi connectivity index (χ1) is 8.18. The van der Waals surface area contributed by atoms with Gasteiger partial charge < -0.3 is 0 Å². The van der Waals surface area contributed by atoms with E-state index in [1.807, 2.05) is 30.3 Å². The SMILES string of the molecule is CC(=O)C(C(=O)Cc1ccccc1)=C1SCS1. The van der Waals surface area contributed by atoms with Gasteiger partial charge in [0, 0.05) is 11.5 Å². The smallest absolute Gasteiger partial charge is 0.172 e. The number of hydrogen-bond donors (Lipinski definition) is 0. The Morgan fingerprint density at radius 1 is 1.18 bits per heavy atom. The van der Waals surface area contributed by atoms with E-state index in [1.165, 1.54) is 6.92 Å². The quantitative estimate of drug-likeness (QED) is 0.475. The molecule has 1 aliphatic heterocycles. The van der Waals surface area contributed by atoms with Crippen LogP contribution in [-0.2, 0) is 16.0 Å². The Morgan fingerprint density at radius 2 is 1.82 bits per heavy atom. The first kappa shape index (κ1) is 12.5. The maximum Gasteiger partial charge on any atom is 0.172 e. The molecule has 0 atom stereocenters. The van der Waals surface area contributed by atoms with E-state index in [2.05, 4.69) is 0 Å².